The molecule has 0 spiro atoms. The van der Waals surface area contributed by atoms with E-state index in [9.17, 15) is 0 Å². The number of thioether (sulfide) groups is 1. The summed E-state index contributed by atoms with van der Waals surface area (Å²) in [6.45, 7) is 2.24. The lowest BCUT2D eigenvalue weighted by Gasteiger charge is -2.16. The summed E-state index contributed by atoms with van der Waals surface area (Å²) in [5.41, 5.74) is 1.37. The minimum absolute atomic E-state index is 0.403. The van der Waals surface area contributed by atoms with Crippen molar-refractivity contribution in [3.63, 3.8) is 0 Å². The molecule has 19 heavy (non-hydrogen) atoms. The normalized spacial score (nSPS) is 22.8. The van der Waals surface area contributed by atoms with E-state index in [1.807, 2.05) is 11.8 Å². The number of nitrogens with one attached hydrogen (secondary N) is 1. The number of benzene rings is 2. The quantitative estimate of drug-likeness (QED) is 0.914. The average molecular weight is 273 g/mol. The van der Waals surface area contributed by atoms with E-state index in [-0.39, 0.29) is 0 Å². The standard InChI is InChI=1S/C16H19NOS/c1-3-11-10-19-16(17-11)14-8-9-15(18-2)13-7-5-4-6-12(13)14/h4-9,11,16-17H,3,10H2,1-2H3. The van der Waals surface area contributed by atoms with E-state index >= 15 is 0 Å². The highest BCUT2D eigenvalue weighted by Gasteiger charge is 2.25. The van der Waals surface area contributed by atoms with Gasteiger partial charge in [-0.2, -0.15) is 0 Å². The Morgan fingerprint density at radius 2 is 2.00 bits per heavy atom. The van der Waals surface area contributed by atoms with Gasteiger partial charge < -0.3 is 4.74 Å². The average Bonchev–Trinajstić information content (AvgIpc) is 2.95. The van der Waals surface area contributed by atoms with Crippen molar-refractivity contribution < 1.29 is 4.74 Å². The Hall–Kier alpha value is -1.19. The first-order valence-corrected chi connectivity index (χ1v) is 7.81. The lowest BCUT2D eigenvalue weighted by molar-refractivity contribution is 0.419. The molecule has 2 aromatic carbocycles. The molecule has 1 aliphatic rings. The minimum atomic E-state index is 0.403. The van der Waals surface area contributed by atoms with Gasteiger partial charge in [-0.25, -0.2) is 0 Å². The van der Waals surface area contributed by atoms with Crippen molar-refractivity contribution in [2.45, 2.75) is 24.8 Å². The summed E-state index contributed by atoms with van der Waals surface area (Å²) in [5.74, 6) is 2.15. The zero-order valence-electron chi connectivity index (χ0n) is 11.3. The molecule has 1 fully saturated rings. The predicted octanol–water partition coefficient (Wildman–Crippen LogP) is 3.96. The summed E-state index contributed by atoms with van der Waals surface area (Å²) in [4.78, 5) is 0. The summed E-state index contributed by atoms with van der Waals surface area (Å²) in [6, 6.07) is 13.4. The van der Waals surface area contributed by atoms with E-state index in [4.69, 9.17) is 4.74 Å². The van der Waals surface area contributed by atoms with Crippen molar-refractivity contribution >= 4 is 22.5 Å². The second-order valence-electron chi connectivity index (χ2n) is 4.89. The number of ether oxygens (including phenoxy) is 1. The predicted molar refractivity (Wildman–Crippen MR) is 82.9 cm³/mol. The van der Waals surface area contributed by atoms with Crippen LogP contribution >= 0.6 is 11.8 Å². The summed E-state index contributed by atoms with van der Waals surface area (Å²) in [7, 11) is 1.73. The molecule has 0 saturated carbocycles. The van der Waals surface area contributed by atoms with Crippen molar-refractivity contribution in [1.82, 2.24) is 5.32 Å². The van der Waals surface area contributed by atoms with Gasteiger partial charge in [0.05, 0.1) is 12.5 Å². The first-order valence-electron chi connectivity index (χ1n) is 6.76. The third kappa shape index (κ3) is 2.33. The van der Waals surface area contributed by atoms with Crippen molar-refractivity contribution in [3.05, 3.63) is 42.0 Å². The van der Waals surface area contributed by atoms with Gasteiger partial charge in [0.2, 0.25) is 0 Å². The summed E-state index contributed by atoms with van der Waals surface area (Å²) >= 11 is 2.00. The highest BCUT2D eigenvalue weighted by Crippen LogP contribution is 2.39. The van der Waals surface area contributed by atoms with Gasteiger partial charge in [-0.3, -0.25) is 5.32 Å². The van der Waals surface area contributed by atoms with Gasteiger partial charge in [-0.1, -0.05) is 37.3 Å². The van der Waals surface area contributed by atoms with Gasteiger partial charge in [-0.15, -0.1) is 11.8 Å². The Bertz CT molecular complexity index is 584. The van der Waals surface area contributed by atoms with Crippen molar-refractivity contribution in [2.75, 3.05) is 12.9 Å². The van der Waals surface area contributed by atoms with Gasteiger partial charge in [-0.05, 0) is 23.4 Å². The second-order valence-corrected chi connectivity index (χ2v) is 6.03. The number of fused-ring (bicyclic) bond motifs is 1. The summed E-state index contributed by atoms with van der Waals surface area (Å²) in [6.07, 6.45) is 1.19. The van der Waals surface area contributed by atoms with Crippen LogP contribution in [0.25, 0.3) is 10.8 Å². The molecule has 0 bridgehead atoms. The Kier molecular flexibility index (Phi) is 3.67. The second kappa shape index (κ2) is 5.43. The van der Waals surface area contributed by atoms with Crippen LogP contribution in [0, 0.1) is 0 Å². The third-order valence-corrected chi connectivity index (χ3v) is 5.08. The highest BCUT2D eigenvalue weighted by molar-refractivity contribution is 7.99. The van der Waals surface area contributed by atoms with E-state index in [1.165, 1.54) is 28.5 Å². The van der Waals surface area contributed by atoms with Crippen molar-refractivity contribution in [3.8, 4) is 5.75 Å². The molecule has 2 aromatic rings. The van der Waals surface area contributed by atoms with Gasteiger partial charge >= 0.3 is 0 Å². The first kappa shape index (κ1) is 12.8. The smallest absolute Gasteiger partial charge is 0.126 e. The van der Waals surface area contributed by atoms with E-state index in [0.29, 0.717) is 11.4 Å². The molecule has 2 atom stereocenters. The molecule has 2 nitrogen and oxygen atoms in total. The summed E-state index contributed by atoms with van der Waals surface area (Å²) < 4.78 is 5.46. The van der Waals surface area contributed by atoms with E-state index < -0.39 is 0 Å². The molecule has 3 heteroatoms. The molecule has 0 aliphatic carbocycles. The van der Waals surface area contributed by atoms with Crippen LogP contribution in [-0.4, -0.2) is 18.9 Å². The van der Waals surface area contributed by atoms with Crippen LogP contribution in [0.1, 0.15) is 24.3 Å². The summed E-state index contributed by atoms with van der Waals surface area (Å²) in [5, 5.41) is 6.61. The number of methoxy groups -OCH3 is 1. The maximum absolute atomic E-state index is 5.46. The maximum atomic E-state index is 5.46. The van der Waals surface area contributed by atoms with Crippen LogP contribution in [0.2, 0.25) is 0 Å². The fraction of sp³-hybridized carbons (Fsp3) is 0.375. The monoisotopic (exact) mass is 273 g/mol. The fourth-order valence-corrected chi connectivity index (χ4v) is 4.07. The molecule has 100 valence electrons. The van der Waals surface area contributed by atoms with E-state index in [1.54, 1.807) is 7.11 Å². The molecular weight excluding hydrogens is 254 g/mol. The van der Waals surface area contributed by atoms with Crippen LogP contribution in [-0.2, 0) is 0 Å². The van der Waals surface area contributed by atoms with Crippen LogP contribution in [0.15, 0.2) is 36.4 Å². The fourth-order valence-electron chi connectivity index (χ4n) is 2.64. The lowest BCUT2D eigenvalue weighted by Crippen LogP contribution is -2.24. The molecule has 0 amide bonds. The Labute approximate surface area is 118 Å². The molecule has 1 N–H and O–H groups in total. The number of hydrogen-bond acceptors (Lipinski definition) is 3. The minimum Gasteiger partial charge on any atom is -0.496 e. The maximum Gasteiger partial charge on any atom is 0.126 e. The molecule has 1 aliphatic heterocycles. The Morgan fingerprint density at radius 3 is 2.68 bits per heavy atom. The van der Waals surface area contributed by atoms with E-state index in [0.717, 1.165) is 5.75 Å². The Balaban J connectivity index is 2.05. The number of rotatable bonds is 3. The van der Waals surface area contributed by atoms with Crippen molar-refractivity contribution in [2.24, 2.45) is 0 Å². The zero-order chi connectivity index (χ0) is 13.2. The SMILES string of the molecule is CCC1CSC(c2ccc(OC)c3ccccc23)N1. The van der Waals surface area contributed by atoms with Gasteiger partial charge in [0.1, 0.15) is 5.75 Å². The van der Waals surface area contributed by atoms with Gasteiger partial charge in [0.15, 0.2) is 0 Å². The van der Waals surface area contributed by atoms with Gasteiger partial charge in [0, 0.05) is 17.2 Å². The molecule has 3 rings (SSSR count). The zero-order valence-corrected chi connectivity index (χ0v) is 12.2. The number of hydrogen-bond donors (Lipinski definition) is 1. The molecule has 0 radical (unpaired) electrons. The third-order valence-electron chi connectivity index (χ3n) is 3.76. The van der Waals surface area contributed by atoms with Gasteiger partial charge in [0.25, 0.3) is 0 Å². The highest BCUT2D eigenvalue weighted by atomic mass is 32.2. The Morgan fingerprint density at radius 1 is 1.21 bits per heavy atom. The van der Waals surface area contributed by atoms with E-state index in [2.05, 4.69) is 48.6 Å². The molecule has 2 unspecified atom stereocenters. The van der Waals surface area contributed by atoms with Crippen LogP contribution < -0.4 is 10.1 Å². The molecule has 1 heterocycles. The van der Waals surface area contributed by atoms with Crippen LogP contribution in [0.4, 0.5) is 0 Å². The van der Waals surface area contributed by atoms with Crippen LogP contribution in [0.5, 0.6) is 5.75 Å². The topological polar surface area (TPSA) is 21.3 Å². The first-order chi connectivity index (χ1) is 9.33. The molecule has 0 aromatic heterocycles. The molecular formula is C16H19NOS. The largest absolute Gasteiger partial charge is 0.496 e. The van der Waals surface area contributed by atoms with Crippen LogP contribution in [0.3, 0.4) is 0 Å². The molecule has 1 saturated heterocycles. The van der Waals surface area contributed by atoms with Crippen molar-refractivity contribution in [1.29, 1.82) is 0 Å². The lowest BCUT2D eigenvalue weighted by atomic mass is 10.0.